The van der Waals surface area contributed by atoms with E-state index in [1.807, 2.05) is 18.2 Å². The number of anilines is 1. The SMILES string of the molecule is Clc1ccc([C@@H]2Nc3ccccc3[C@H]3OCC[C@H]32)cc1Cl. The van der Waals surface area contributed by atoms with Gasteiger partial charge in [-0.25, -0.2) is 0 Å². The van der Waals surface area contributed by atoms with Gasteiger partial charge < -0.3 is 10.1 Å². The van der Waals surface area contributed by atoms with Gasteiger partial charge in [-0.15, -0.1) is 0 Å². The van der Waals surface area contributed by atoms with Gasteiger partial charge in [-0.05, 0) is 30.2 Å². The lowest BCUT2D eigenvalue weighted by Gasteiger charge is -2.36. The van der Waals surface area contributed by atoms with Crippen molar-refractivity contribution < 1.29 is 4.74 Å². The van der Waals surface area contributed by atoms with E-state index in [-0.39, 0.29) is 12.1 Å². The Labute approximate surface area is 134 Å². The van der Waals surface area contributed by atoms with Crippen LogP contribution in [0.1, 0.15) is 29.7 Å². The molecule has 2 aliphatic heterocycles. The van der Waals surface area contributed by atoms with Gasteiger partial charge >= 0.3 is 0 Å². The van der Waals surface area contributed by atoms with Crippen molar-refractivity contribution in [3.63, 3.8) is 0 Å². The lowest BCUT2D eigenvalue weighted by Crippen LogP contribution is -2.29. The third-order valence-electron chi connectivity index (χ3n) is 4.45. The Balaban J connectivity index is 1.78. The standard InChI is InChI=1S/C17H15Cl2NO/c18-13-6-5-10(9-14(13)19)16-12-7-8-21-17(12)11-3-1-2-4-15(11)20-16/h1-6,9,12,16-17,20H,7-8H2/t12-,16-,17+/m0/s1. The number of hydrogen-bond acceptors (Lipinski definition) is 2. The molecule has 1 N–H and O–H groups in total. The first kappa shape index (κ1) is 13.4. The largest absolute Gasteiger partial charge is 0.378 e. The normalized spacial score (nSPS) is 26.9. The molecule has 2 aromatic rings. The number of fused-ring (bicyclic) bond motifs is 3. The van der Waals surface area contributed by atoms with Crippen molar-refractivity contribution in [1.29, 1.82) is 0 Å². The van der Waals surface area contributed by atoms with Crippen LogP contribution in [0.3, 0.4) is 0 Å². The van der Waals surface area contributed by atoms with Crippen LogP contribution < -0.4 is 5.32 Å². The number of hydrogen-bond donors (Lipinski definition) is 1. The highest BCUT2D eigenvalue weighted by atomic mass is 35.5. The summed E-state index contributed by atoms with van der Waals surface area (Å²) in [6.07, 6.45) is 1.22. The maximum Gasteiger partial charge on any atom is 0.0896 e. The second-order valence-corrected chi connectivity index (χ2v) is 6.44. The zero-order valence-electron chi connectivity index (χ0n) is 11.4. The average molecular weight is 320 g/mol. The predicted molar refractivity (Wildman–Crippen MR) is 86.1 cm³/mol. The second-order valence-electron chi connectivity index (χ2n) is 5.63. The molecule has 0 amide bonds. The number of benzene rings is 2. The van der Waals surface area contributed by atoms with Crippen molar-refractivity contribution in [3.8, 4) is 0 Å². The lowest BCUT2D eigenvalue weighted by atomic mass is 9.81. The van der Waals surface area contributed by atoms with Gasteiger partial charge in [0.1, 0.15) is 0 Å². The molecular weight excluding hydrogens is 305 g/mol. The highest BCUT2D eigenvalue weighted by Crippen LogP contribution is 2.50. The third kappa shape index (κ3) is 2.22. The van der Waals surface area contributed by atoms with Crippen LogP contribution in [-0.2, 0) is 4.74 Å². The molecular formula is C17H15Cl2NO. The molecule has 4 heteroatoms. The fraction of sp³-hybridized carbons (Fsp3) is 0.294. The van der Waals surface area contributed by atoms with Crippen molar-refractivity contribution in [2.24, 2.45) is 5.92 Å². The van der Waals surface area contributed by atoms with E-state index in [4.69, 9.17) is 27.9 Å². The Bertz CT molecular complexity index is 688. The molecule has 0 aromatic heterocycles. The van der Waals surface area contributed by atoms with E-state index in [0.717, 1.165) is 18.7 Å². The van der Waals surface area contributed by atoms with Crippen LogP contribution in [0.25, 0.3) is 0 Å². The Morgan fingerprint density at radius 2 is 1.90 bits per heavy atom. The van der Waals surface area contributed by atoms with Gasteiger partial charge in [0.2, 0.25) is 0 Å². The summed E-state index contributed by atoms with van der Waals surface area (Å²) in [5.41, 5.74) is 3.58. The number of ether oxygens (including phenoxy) is 1. The maximum absolute atomic E-state index is 6.19. The molecule has 4 rings (SSSR count). The van der Waals surface area contributed by atoms with Crippen LogP contribution in [0.4, 0.5) is 5.69 Å². The van der Waals surface area contributed by atoms with Crippen molar-refractivity contribution in [1.82, 2.24) is 0 Å². The molecule has 0 radical (unpaired) electrons. The molecule has 2 aromatic carbocycles. The fourth-order valence-electron chi connectivity index (χ4n) is 3.46. The molecule has 108 valence electrons. The summed E-state index contributed by atoms with van der Waals surface area (Å²) >= 11 is 12.2. The summed E-state index contributed by atoms with van der Waals surface area (Å²) in [5.74, 6) is 0.428. The summed E-state index contributed by atoms with van der Waals surface area (Å²) in [5, 5.41) is 4.85. The summed E-state index contributed by atoms with van der Waals surface area (Å²) in [7, 11) is 0. The van der Waals surface area contributed by atoms with Crippen LogP contribution in [-0.4, -0.2) is 6.61 Å². The number of rotatable bonds is 1. The Morgan fingerprint density at radius 1 is 1.05 bits per heavy atom. The fourth-order valence-corrected chi connectivity index (χ4v) is 3.76. The van der Waals surface area contributed by atoms with E-state index in [2.05, 4.69) is 29.6 Å². The molecule has 0 spiro atoms. The first-order chi connectivity index (χ1) is 10.2. The molecule has 0 bridgehead atoms. The zero-order chi connectivity index (χ0) is 14.4. The average Bonchev–Trinajstić information content (AvgIpc) is 2.99. The summed E-state index contributed by atoms with van der Waals surface area (Å²) in [6, 6.07) is 14.5. The van der Waals surface area contributed by atoms with Gasteiger partial charge in [0.05, 0.1) is 22.2 Å². The minimum absolute atomic E-state index is 0.168. The first-order valence-electron chi connectivity index (χ1n) is 7.16. The maximum atomic E-state index is 6.19. The highest BCUT2D eigenvalue weighted by molar-refractivity contribution is 6.42. The third-order valence-corrected chi connectivity index (χ3v) is 5.19. The van der Waals surface area contributed by atoms with Gasteiger partial charge in [-0.1, -0.05) is 47.5 Å². The Hall–Kier alpha value is -1.22. The Morgan fingerprint density at radius 3 is 2.76 bits per heavy atom. The Kier molecular flexibility index (Phi) is 3.33. The monoisotopic (exact) mass is 319 g/mol. The van der Waals surface area contributed by atoms with Gasteiger partial charge in [0.15, 0.2) is 0 Å². The van der Waals surface area contributed by atoms with Crippen LogP contribution in [0.2, 0.25) is 10.0 Å². The number of nitrogens with one attached hydrogen (secondary N) is 1. The molecule has 0 unspecified atom stereocenters. The van der Waals surface area contributed by atoms with Crippen LogP contribution in [0.15, 0.2) is 42.5 Å². The molecule has 0 saturated carbocycles. The quantitative estimate of drug-likeness (QED) is 0.776. The molecule has 3 atom stereocenters. The molecule has 1 fully saturated rings. The van der Waals surface area contributed by atoms with Crippen molar-refractivity contribution in [2.45, 2.75) is 18.6 Å². The predicted octanol–water partition coefficient (Wildman–Crippen LogP) is 5.24. The van der Waals surface area contributed by atoms with E-state index in [1.165, 1.54) is 11.1 Å². The number of para-hydroxylation sites is 1. The van der Waals surface area contributed by atoms with Crippen LogP contribution in [0, 0.1) is 5.92 Å². The van der Waals surface area contributed by atoms with Crippen molar-refractivity contribution >= 4 is 28.9 Å². The molecule has 2 nitrogen and oxygen atoms in total. The first-order valence-corrected chi connectivity index (χ1v) is 7.91. The minimum atomic E-state index is 0.168. The molecule has 1 saturated heterocycles. The number of halogens is 2. The highest BCUT2D eigenvalue weighted by Gasteiger charge is 2.41. The van der Waals surface area contributed by atoms with E-state index < -0.39 is 0 Å². The molecule has 2 aliphatic rings. The van der Waals surface area contributed by atoms with E-state index >= 15 is 0 Å². The van der Waals surface area contributed by atoms with Crippen LogP contribution >= 0.6 is 23.2 Å². The van der Waals surface area contributed by atoms with Gasteiger partial charge in [0, 0.05) is 23.8 Å². The van der Waals surface area contributed by atoms with E-state index in [9.17, 15) is 0 Å². The summed E-state index contributed by atoms with van der Waals surface area (Å²) in [6.45, 7) is 0.809. The van der Waals surface area contributed by atoms with Crippen LogP contribution in [0.5, 0.6) is 0 Å². The van der Waals surface area contributed by atoms with E-state index in [1.54, 1.807) is 0 Å². The molecule has 2 heterocycles. The smallest absolute Gasteiger partial charge is 0.0896 e. The second kappa shape index (κ2) is 5.20. The van der Waals surface area contributed by atoms with Gasteiger partial charge in [-0.3, -0.25) is 0 Å². The summed E-state index contributed by atoms with van der Waals surface area (Å²) < 4.78 is 5.99. The minimum Gasteiger partial charge on any atom is -0.378 e. The van der Waals surface area contributed by atoms with Crippen molar-refractivity contribution in [2.75, 3.05) is 11.9 Å². The van der Waals surface area contributed by atoms with Gasteiger partial charge in [0.25, 0.3) is 0 Å². The lowest BCUT2D eigenvalue weighted by molar-refractivity contribution is 0.0829. The summed E-state index contributed by atoms with van der Waals surface area (Å²) in [4.78, 5) is 0. The molecule has 21 heavy (non-hydrogen) atoms. The molecule has 0 aliphatic carbocycles. The van der Waals surface area contributed by atoms with E-state index in [0.29, 0.717) is 16.0 Å². The van der Waals surface area contributed by atoms with Gasteiger partial charge in [-0.2, -0.15) is 0 Å². The topological polar surface area (TPSA) is 21.3 Å². The van der Waals surface area contributed by atoms with Crippen molar-refractivity contribution in [3.05, 3.63) is 63.6 Å². The zero-order valence-corrected chi connectivity index (χ0v) is 12.9.